The van der Waals surface area contributed by atoms with Crippen LogP contribution >= 0.6 is 11.6 Å². The van der Waals surface area contributed by atoms with Crippen molar-refractivity contribution in [1.82, 2.24) is 4.90 Å². The second kappa shape index (κ2) is 5.71. The maximum Gasteiger partial charge on any atom is 0.157 e. The average Bonchev–Trinajstić information content (AvgIpc) is 2.86. The van der Waals surface area contributed by atoms with E-state index in [0.29, 0.717) is 5.02 Å². The molecular weight excluding hydrogens is 302 g/mol. The van der Waals surface area contributed by atoms with E-state index in [0.717, 1.165) is 24.2 Å². The minimum atomic E-state index is -0.128. The zero-order chi connectivity index (χ0) is 15.9. The summed E-state index contributed by atoms with van der Waals surface area (Å²) in [7, 11) is 2.02. The highest BCUT2D eigenvalue weighted by Gasteiger charge is 2.35. The van der Waals surface area contributed by atoms with Crippen molar-refractivity contribution in [3.8, 4) is 17.2 Å². The second-order valence-corrected chi connectivity index (χ2v) is 6.32. The summed E-state index contributed by atoms with van der Waals surface area (Å²) >= 11 is 6.07. The molecule has 5 heteroatoms. The molecule has 0 spiro atoms. The fraction of sp³-hybridized carbons (Fsp3) is 0.294. The lowest BCUT2D eigenvalue weighted by atomic mass is 9.83. The molecular formula is C17H18ClNO3. The van der Waals surface area contributed by atoms with Gasteiger partial charge in [0.1, 0.15) is 5.75 Å². The molecule has 0 aliphatic carbocycles. The van der Waals surface area contributed by atoms with E-state index in [-0.39, 0.29) is 29.1 Å². The first-order valence-corrected chi connectivity index (χ1v) is 7.52. The molecule has 1 aliphatic heterocycles. The molecule has 1 saturated heterocycles. The predicted octanol–water partition coefficient (Wildman–Crippen LogP) is 3.27. The van der Waals surface area contributed by atoms with Crippen LogP contribution in [0.15, 0.2) is 36.4 Å². The fourth-order valence-electron chi connectivity index (χ4n) is 3.25. The van der Waals surface area contributed by atoms with E-state index in [9.17, 15) is 15.3 Å². The standard InChI is InChI=1S/C17H18ClNO3/c1-19-8-13(10-2-4-16(21)17(22)6-10)14(9-19)12-7-11(18)3-5-15(12)20/h2-7,13-14,20-22H,8-9H2,1H3/t13-,14-/m0/s1. The second-order valence-electron chi connectivity index (χ2n) is 5.89. The number of likely N-dealkylation sites (N-methyl/N-ethyl adjacent to an activating group) is 1. The molecule has 3 N–H and O–H groups in total. The molecule has 1 aliphatic rings. The third-order valence-corrected chi connectivity index (χ3v) is 4.55. The Hall–Kier alpha value is -1.91. The van der Waals surface area contributed by atoms with Crippen molar-refractivity contribution in [2.75, 3.05) is 20.1 Å². The Balaban J connectivity index is 2.02. The molecule has 22 heavy (non-hydrogen) atoms. The van der Waals surface area contributed by atoms with Crippen molar-refractivity contribution in [3.05, 3.63) is 52.5 Å². The molecule has 1 heterocycles. The molecule has 2 atom stereocenters. The lowest BCUT2D eigenvalue weighted by Crippen LogP contribution is -2.13. The van der Waals surface area contributed by atoms with Gasteiger partial charge in [-0.2, -0.15) is 0 Å². The number of phenols is 3. The number of hydrogen-bond acceptors (Lipinski definition) is 4. The van der Waals surface area contributed by atoms with E-state index in [1.807, 2.05) is 13.1 Å². The van der Waals surface area contributed by atoms with E-state index in [1.54, 1.807) is 24.3 Å². The number of nitrogens with zero attached hydrogens (tertiary/aromatic N) is 1. The van der Waals surface area contributed by atoms with E-state index >= 15 is 0 Å². The highest BCUT2D eigenvalue weighted by molar-refractivity contribution is 6.30. The Labute approximate surface area is 134 Å². The van der Waals surface area contributed by atoms with Gasteiger partial charge in [0, 0.05) is 35.5 Å². The fourth-order valence-corrected chi connectivity index (χ4v) is 3.43. The van der Waals surface area contributed by atoms with E-state index in [1.165, 1.54) is 6.07 Å². The van der Waals surface area contributed by atoms with Crippen molar-refractivity contribution < 1.29 is 15.3 Å². The van der Waals surface area contributed by atoms with Gasteiger partial charge in [0.15, 0.2) is 11.5 Å². The lowest BCUT2D eigenvalue weighted by molar-refractivity contribution is 0.400. The Bertz CT molecular complexity index is 704. The van der Waals surface area contributed by atoms with Crippen LogP contribution in [0.2, 0.25) is 5.02 Å². The first-order chi connectivity index (χ1) is 10.5. The molecule has 116 valence electrons. The summed E-state index contributed by atoms with van der Waals surface area (Å²) in [6, 6.07) is 9.98. The van der Waals surface area contributed by atoms with Gasteiger partial charge in [-0.25, -0.2) is 0 Å². The molecule has 1 fully saturated rings. The quantitative estimate of drug-likeness (QED) is 0.743. The molecule has 0 unspecified atom stereocenters. The first kappa shape index (κ1) is 15.0. The van der Waals surface area contributed by atoms with Gasteiger partial charge in [-0.05, 0) is 42.9 Å². The van der Waals surface area contributed by atoms with Crippen LogP contribution in [0.4, 0.5) is 0 Å². The average molecular weight is 320 g/mol. The van der Waals surface area contributed by atoms with Crippen molar-refractivity contribution in [2.24, 2.45) is 0 Å². The SMILES string of the molecule is CN1C[C@@H](c2ccc(O)c(O)c2)[C@H](c2cc(Cl)ccc2O)C1. The summed E-state index contributed by atoms with van der Waals surface area (Å²) in [4.78, 5) is 2.18. The Kier molecular flexibility index (Phi) is 3.89. The summed E-state index contributed by atoms with van der Waals surface area (Å²) in [5, 5.41) is 30.0. The minimum absolute atomic E-state index is 0.0765. The Morgan fingerprint density at radius 1 is 0.909 bits per heavy atom. The summed E-state index contributed by atoms with van der Waals surface area (Å²) < 4.78 is 0. The van der Waals surface area contributed by atoms with Gasteiger partial charge in [0.2, 0.25) is 0 Å². The van der Waals surface area contributed by atoms with Crippen molar-refractivity contribution >= 4 is 11.6 Å². The van der Waals surface area contributed by atoms with Gasteiger partial charge in [-0.1, -0.05) is 17.7 Å². The molecule has 0 amide bonds. The molecule has 2 aromatic rings. The largest absolute Gasteiger partial charge is 0.508 e. The molecule has 0 bridgehead atoms. The van der Waals surface area contributed by atoms with Gasteiger partial charge in [-0.15, -0.1) is 0 Å². The zero-order valence-electron chi connectivity index (χ0n) is 12.2. The van der Waals surface area contributed by atoms with Crippen LogP contribution in [0.5, 0.6) is 17.2 Å². The smallest absolute Gasteiger partial charge is 0.157 e. The van der Waals surface area contributed by atoms with Crippen LogP contribution < -0.4 is 0 Å². The molecule has 2 aromatic carbocycles. The maximum absolute atomic E-state index is 10.2. The minimum Gasteiger partial charge on any atom is -0.508 e. The summed E-state index contributed by atoms with van der Waals surface area (Å²) in [5.74, 6) is 0.171. The van der Waals surface area contributed by atoms with Gasteiger partial charge < -0.3 is 20.2 Å². The molecule has 0 aromatic heterocycles. The molecule has 0 saturated carbocycles. The van der Waals surface area contributed by atoms with Gasteiger partial charge in [0.05, 0.1) is 0 Å². The Morgan fingerprint density at radius 3 is 2.32 bits per heavy atom. The lowest BCUT2D eigenvalue weighted by Gasteiger charge is -2.21. The maximum atomic E-state index is 10.2. The van der Waals surface area contributed by atoms with Gasteiger partial charge in [-0.3, -0.25) is 0 Å². The topological polar surface area (TPSA) is 63.9 Å². The van der Waals surface area contributed by atoms with Gasteiger partial charge in [0.25, 0.3) is 0 Å². The number of benzene rings is 2. The molecule has 3 rings (SSSR count). The van der Waals surface area contributed by atoms with E-state index < -0.39 is 0 Å². The molecule has 4 nitrogen and oxygen atoms in total. The van der Waals surface area contributed by atoms with Crippen LogP contribution in [-0.4, -0.2) is 40.4 Å². The first-order valence-electron chi connectivity index (χ1n) is 7.14. The third-order valence-electron chi connectivity index (χ3n) is 4.32. The summed E-state index contributed by atoms with van der Waals surface area (Å²) in [5.41, 5.74) is 1.75. The summed E-state index contributed by atoms with van der Waals surface area (Å²) in [6.07, 6.45) is 0. The van der Waals surface area contributed by atoms with Gasteiger partial charge >= 0.3 is 0 Å². The number of rotatable bonds is 2. The number of aromatic hydroxyl groups is 3. The summed E-state index contributed by atoms with van der Waals surface area (Å²) in [6.45, 7) is 1.60. The van der Waals surface area contributed by atoms with Crippen LogP contribution in [-0.2, 0) is 0 Å². The highest BCUT2D eigenvalue weighted by atomic mass is 35.5. The Morgan fingerprint density at radius 2 is 1.59 bits per heavy atom. The number of likely N-dealkylation sites (tertiary alicyclic amines) is 1. The van der Waals surface area contributed by atoms with Crippen LogP contribution in [0.25, 0.3) is 0 Å². The number of phenolic OH excluding ortho intramolecular Hbond substituents is 3. The molecule has 0 radical (unpaired) electrons. The third kappa shape index (κ3) is 2.72. The number of halogens is 1. The van der Waals surface area contributed by atoms with Crippen molar-refractivity contribution in [1.29, 1.82) is 0 Å². The van der Waals surface area contributed by atoms with Crippen LogP contribution in [0.3, 0.4) is 0 Å². The monoisotopic (exact) mass is 319 g/mol. The van der Waals surface area contributed by atoms with Crippen molar-refractivity contribution in [3.63, 3.8) is 0 Å². The number of hydrogen-bond donors (Lipinski definition) is 3. The van der Waals surface area contributed by atoms with E-state index in [2.05, 4.69) is 4.90 Å². The van der Waals surface area contributed by atoms with Crippen LogP contribution in [0, 0.1) is 0 Å². The highest BCUT2D eigenvalue weighted by Crippen LogP contribution is 2.44. The normalized spacial score (nSPS) is 22.1. The van der Waals surface area contributed by atoms with Crippen LogP contribution in [0.1, 0.15) is 23.0 Å². The van der Waals surface area contributed by atoms with Crippen molar-refractivity contribution in [2.45, 2.75) is 11.8 Å². The predicted molar refractivity (Wildman–Crippen MR) is 85.9 cm³/mol. The zero-order valence-corrected chi connectivity index (χ0v) is 13.0. The van der Waals surface area contributed by atoms with E-state index in [4.69, 9.17) is 11.6 Å².